The minimum Gasteiger partial charge on any atom is -0.465 e. The van der Waals surface area contributed by atoms with E-state index in [1.54, 1.807) is 24.3 Å². The summed E-state index contributed by atoms with van der Waals surface area (Å²) in [5, 5.41) is 3.07. The van der Waals surface area contributed by atoms with Crippen molar-refractivity contribution in [1.82, 2.24) is 10.2 Å². The van der Waals surface area contributed by atoms with Gasteiger partial charge < -0.3 is 10.1 Å². The highest BCUT2D eigenvalue weighted by Crippen LogP contribution is 2.26. The number of esters is 1. The van der Waals surface area contributed by atoms with Crippen molar-refractivity contribution in [3.8, 4) is 0 Å². The van der Waals surface area contributed by atoms with Gasteiger partial charge in [0.05, 0.1) is 18.7 Å². The summed E-state index contributed by atoms with van der Waals surface area (Å²) >= 11 is 0. The molecule has 1 aliphatic heterocycles. The predicted molar refractivity (Wildman–Crippen MR) is 109 cm³/mol. The fraction of sp³-hybridized carbons (Fsp3) is 0.391. The van der Waals surface area contributed by atoms with Gasteiger partial charge in [0.1, 0.15) is 0 Å². The molecule has 1 atom stereocenters. The zero-order valence-electron chi connectivity index (χ0n) is 16.6. The van der Waals surface area contributed by atoms with Crippen LogP contribution in [-0.2, 0) is 4.74 Å². The molecule has 1 saturated heterocycles. The molecule has 0 spiro atoms. The number of methoxy groups -OCH3 is 1. The van der Waals surface area contributed by atoms with Crippen LogP contribution in [0.2, 0.25) is 0 Å². The number of likely N-dealkylation sites (tertiary alicyclic amines) is 1. The molecule has 1 N–H and O–H groups in total. The Morgan fingerprint density at radius 3 is 2.25 bits per heavy atom. The highest BCUT2D eigenvalue weighted by atomic mass is 16.5. The van der Waals surface area contributed by atoms with E-state index < -0.39 is 5.97 Å². The molecular formula is C23H28N2O3. The summed E-state index contributed by atoms with van der Waals surface area (Å²) < 4.78 is 4.69. The number of ether oxygens (including phenoxy) is 1. The molecule has 5 nitrogen and oxygen atoms in total. The number of carbonyl (C=O) groups excluding carboxylic acids is 2. The lowest BCUT2D eigenvalue weighted by atomic mass is 9.95. The quantitative estimate of drug-likeness (QED) is 0.777. The molecule has 1 heterocycles. The van der Waals surface area contributed by atoms with Crippen molar-refractivity contribution in [2.24, 2.45) is 5.92 Å². The second-order valence-electron chi connectivity index (χ2n) is 7.42. The van der Waals surface area contributed by atoms with Gasteiger partial charge in [-0.25, -0.2) is 4.79 Å². The lowest BCUT2D eigenvalue weighted by Crippen LogP contribution is -2.42. The van der Waals surface area contributed by atoms with Crippen LogP contribution in [0.1, 0.15) is 52.1 Å². The van der Waals surface area contributed by atoms with E-state index in [1.807, 2.05) is 18.2 Å². The highest BCUT2D eigenvalue weighted by Gasteiger charge is 2.25. The van der Waals surface area contributed by atoms with E-state index in [9.17, 15) is 9.59 Å². The maximum atomic E-state index is 12.6. The standard InChI is InChI=1S/C23H28N2O3/c1-17-12-14-25(15-13-17)21(18-6-4-3-5-7-18)16-24-22(26)19-8-10-20(11-9-19)23(27)28-2/h3-11,17,21H,12-16H2,1-2H3,(H,24,26). The molecule has 0 saturated carbocycles. The normalized spacial score (nSPS) is 16.4. The summed E-state index contributed by atoms with van der Waals surface area (Å²) in [5.41, 5.74) is 2.19. The third-order valence-electron chi connectivity index (χ3n) is 5.47. The number of hydrogen-bond acceptors (Lipinski definition) is 4. The zero-order chi connectivity index (χ0) is 19.9. The average Bonchev–Trinajstić information content (AvgIpc) is 2.75. The van der Waals surface area contributed by atoms with E-state index >= 15 is 0 Å². The summed E-state index contributed by atoms with van der Waals surface area (Å²) in [4.78, 5) is 26.6. The number of rotatable bonds is 6. The summed E-state index contributed by atoms with van der Waals surface area (Å²) in [7, 11) is 1.34. The van der Waals surface area contributed by atoms with Crippen LogP contribution in [0, 0.1) is 5.92 Å². The van der Waals surface area contributed by atoms with Gasteiger partial charge in [0.2, 0.25) is 0 Å². The molecule has 1 unspecified atom stereocenters. The Bertz CT molecular complexity index is 781. The van der Waals surface area contributed by atoms with Crippen molar-refractivity contribution in [3.05, 3.63) is 71.3 Å². The molecule has 5 heteroatoms. The van der Waals surface area contributed by atoms with Crippen LogP contribution in [-0.4, -0.2) is 43.5 Å². The largest absolute Gasteiger partial charge is 0.465 e. The van der Waals surface area contributed by atoms with Crippen molar-refractivity contribution in [1.29, 1.82) is 0 Å². The second-order valence-corrected chi connectivity index (χ2v) is 7.42. The first-order valence-electron chi connectivity index (χ1n) is 9.84. The molecule has 1 aliphatic rings. The van der Waals surface area contributed by atoms with Gasteiger partial charge in [-0.05, 0) is 61.7 Å². The molecule has 1 amide bonds. The first-order valence-corrected chi connectivity index (χ1v) is 9.84. The minimum absolute atomic E-state index is 0.136. The summed E-state index contributed by atoms with van der Waals surface area (Å²) in [6.07, 6.45) is 2.37. The summed E-state index contributed by atoms with van der Waals surface area (Å²) in [6, 6.07) is 17.0. The molecule has 3 rings (SSSR count). The fourth-order valence-electron chi connectivity index (χ4n) is 3.64. The van der Waals surface area contributed by atoms with Crippen LogP contribution in [0.5, 0.6) is 0 Å². The van der Waals surface area contributed by atoms with Crippen molar-refractivity contribution < 1.29 is 14.3 Å². The van der Waals surface area contributed by atoms with Crippen LogP contribution >= 0.6 is 0 Å². The Morgan fingerprint density at radius 2 is 1.64 bits per heavy atom. The second kappa shape index (κ2) is 9.51. The van der Waals surface area contributed by atoms with Gasteiger partial charge in [0.25, 0.3) is 5.91 Å². The molecular weight excluding hydrogens is 352 g/mol. The smallest absolute Gasteiger partial charge is 0.337 e. The van der Waals surface area contributed by atoms with Gasteiger partial charge in [-0.15, -0.1) is 0 Å². The van der Waals surface area contributed by atoms with Gasteiger partial charge in [-0.1, -0.05) is 37.3 Å². The number of amides is 1. The van der Waals surface area contributed by atoms with E-state index in [0.29, 0.717) is 17.7 Å². The topological polar surface area (TPSA) is 58.6 Å². The number of nitrogens with zero attached hydrogens (tertiary/aromatic N) is 1. The highest BCUT2D eigenvalue weighted by molar-refractivity contribution is 5.96. The van der Waals surface area contributed by atoms with Crippen LogP contribution in [0.15, 0.2) is 54.6 Å². The Hall–Kier alpha value is -2.66. The van der Waals surface area contributed by atoms with Gasteiger partial charge in [0, 0.05) is 12.1 Å². The molecule has 28 heavy (non-hydrogen) atoms. The van der Waals surface area contributed by atoms with E-state index in [2.05, 4.69) is 29.3 Å². The van der Waals surface area contributed by atoms with Crippen LogP contribution in [0.3, 0.4) is 0 Å². The number of nitrogens with one attached hydrogen (secondary N) is 1. The molecule has 2 aromatic rings. The fourth-order valence-corrected chi connectivity index (χ4v) is 3.64. The molecule has 1 fully saturated rings. The first-order chi connectivity index (χ1) is 13.6. The van der Waals surface area contributed by atoms with Crippen molar-refractivity contribution in [2.75, 3.05) is 26.7 Å². The van der Waals surface area contributed by atoms with E-state index in [0.717, 1.165) is 19.0 Å². The molecule has 0 aromatic heterocycles. The maximum Gasteiger partial charge on any atom is 0.337 e. The van der Waals surface area contributed by atoms with Crippen molar-refractivity contribution in [3.63, 3.8) is 0 Å². The minimum atomic E-state index is -0.407. The Morgan fingerprint density at radius 1 is 1.04 bits per heavy atom. The van der Waals surface area contributed by atoms with E-state index in [4.69, 9.17) is 4.74 Å². The summed E-state index contributed by atoms with van der Waals surface area (Å²) in [6.45, 7) is 4.94. The summed E-state index contributed by atoms with van der Waals surface area (Å²) in [5.74, 6) is 0.216. The molecule has 148 valence electrons. The maximum absolute atomic E-state index is 12.6. The monoisotopic (exact) mass is 380 g/mol. The number of carbonyl (C=O) groups is 2. The predicted octanol–water partition coefficient (Wildman–Crippen LogP) is 3.68. The van der Waals surface area contributed by atoms with Crippen molar-refractivity contribution in [2.45, 2.75) is 25.8 Å². The molecule has 2 aromatic carbocycles. The van der Waals surface area contributed by atoms with E-state index in [1.165, 1.54) is 25.5 Å². The number of benzene rings is 2. The SMILES string of the molecule is COC(=O)c1ccc(C(=O)NCC(c2ccccc2)N2CCC(C)CC2)cc1. The number of piperidine rings is 1. The Balaban J connectivity index is 1.67. The molecule has 0 aliphatic carbocycles. The van der Waals surface area contributed by atoms with E-state index in [-0.39, 0.29) is 11.9 Å². The lowest BCUT2D eigenvalue weighted by Gasteiger charge is -2.37. The average molecular weight is 380 g/mol. The van der Waals surface area contributed by atoms with Gasteiger partial charge >= 0.3 is 5.97 Å². The van der Waals surface area contributed by atoms with Gasteiger partial charge in [0.15, 0.2) is 0 Å². The third kappa shape index (κ3) is 4.98. The van der Waals surface area contributed by atoms with Gasteiger partial charge in [-0.2, -0.15) is 0 Å². The zero-order valence-corrected chi connectivity index (χ0v) is 16.6. The Labute approximate surface area is 166 Å². The third-order valence-corrected chi connectivity index (χ3v) is 5.47. The molecule has 0 bridgehead atoms. The first kappa shape index (κ1) is 20.1. The van der Waals surface area contributed by atoms with Crippen LogP contribution in [0.4, 0.5) is 0 Å². The van der Waals surface area contributed by atoms with Crippen molar-refractivity contribution >= 4 is 11.9 Å². The number of hydrogen-bond donors (Lipinski definition) is 1. The Kier molecular flexibility index (Phi) is 6.82. The van der Waals surface area contributed by atoms with Crippen LogP contribution in [0.25, 0.3) is 0 Å². The van der Waals surface area contributed by atoms with Crippen LogP contribution < -0.4 is 5.32 Å². The molecule has 0 radical (unpaired) electrons. The van der Waals surface area contributed by atoms with Gasteiger partial charge in [-0.3, -0.25) is 9.69 Å². The lowest BCUT2D eigenvalue weighted by molar-refractivity contribution is 0.0600.